The summed E-state index contributed by atoms with van der Waals surface area (Å²) in [5.74, 6) is -0.0216. The second kappa shape index (κ2) is 6.84. The molecule has 7 nitrogen and oxygen atoms in total. The van der Waals surface area contributed by atoms with E-state index in [2.05, 4.69) is 22.1 Å². The predicted octanol–water partition coefficient (Wildman–Crippen LogP) is 3.23. The van der Waals surface area contributed by atoms with Crippen LogP contribution in [-0.2, 0) is 0 Å². The third kappa shape index (κ3) is 3.73. The van der Waals surface area contributed by atoms with Crippen LogP contribution in [0.25, 0.3) is 0 Å². The van der Waals surface area contributed by atoms with E-state index in [0.717, 1.165) is 37.7 Å². The third-order valence-corrected chi connectivity index (χ3v) is 4.16. The van der Waals surface area contributed by atoms with Crippen LogP contribution in [0.4, 0.5) is 21.6 Å². The molecule has 130 valence electrons. The number of nitro benzene ring substituents is 1. The van der Waals surface area contributed by atoms with Crippen molar-refractivity contribution in [3.05, 3.63) is 58.0 Å². The van der Waals surface area contributed by atoms with Crippen molar-refractivity contribution in [3.8, 4) is 0 Å². The molecule has 1 atom stereocenters. The van der Waals surface area contributed by atoms with E-state index < -0.39 is 16.6 Å². The molecular formula is C17H17FN4O3. The smallest absolute Gasteiger partial charge is 0.271 e. The van der Waals surface area contributed by atoms with Gasteiger partial charge in [0, 0.05) is 37.0 Å². The highest BCUT2D eigenvalue weighted by molar-refractivity contribution is 6.04. The number of non-ortho nitro benzene ring substituents is 1. The number of amides is 1. The maximum atomic E-state index is 13.8. The van der Waals surface area contributed by atoms with Crippen LogP contribution in [0.3, 0.4) is 0 Å². The molecule has 1 aliphatic rings. The van der Waals surface area contributed by atoms with Crippen LogP contribution in [-0.4, -0.2) is 28.9 Å². The van der Waals surface area contributed by atoms with Gasteiger partial charge in [0.2, 0.25) is 0 Å². The molecular weight excluding hydrogens is 327 g/mol. The molecule has 3 rings (SSSR count). The molecule has 1 fully saturated rings. The minimum Gasteiger partial charge on any atom is -0.356 e. The van der Waals surface area contributed by atoms with E-state index in [0.29, 0.717) is 17.3 Å². The van der Waals surface area contributed by atoms with Crippen molar-refractivity contribution in [2.75, 3.05) is 23.3 Å². The zero-order valence-electron chi connectivity index (χ0n) is 13.6. The maximum absolute atomic E-state index is 13.8. The second-order valence-corrected chi connectivity index (χ2v) is 6.12. The minimum absolute atomic E-state index is 0.229. The number of hydrogen-bond donors (Lipinski definition) is 1. The summed E-state index contributed by atoms with van der Waals surface area (Å²) in [6, 6.07) is 6.16. The Bertz CT molecular complexity index is 827. The minimum atomic E-state index is -0.735. The van der Waals surface area contributed by atoms with Crippen LogP contribution in [0.15, 0.2) is 36.5 Å². The van der Waals surface area contributed by atoms with Crippen molar-refractivity contribution in [1.29, 1.82) is 0 Å². The highest BCUT2D eigenvalue weighted by atomic mass is 19.1. The van der Waals surface area contributed by atoms with Crippen molar-refractivity contribution in [3.63, 3.8) is 0 Å². The van der Waals surface area contributed by atoms with Crippen LogP contribution in [0, 0.1) is 21.8 Å². The fourth-order valence-electron chi connectivity index (χ4n) is 2.79. The standard InChI is InChI=1S/C17H17FN4O3/c1-11-5-7-21(10-11)16-8-12(4-6-19-16)17(23)20-15-9-13(22(24)25)2-3-14(15)18/h2-4,6,8-9,11H,5,7,10H2,1H3,(H,20,23). The Morgan fingerprint density at radius 2 is 2.20 bits per heavy atom. The Morgan fingerprint density at radius 1 is 1.40 bits per heavy atom. The van der Waals surface area contributed by atoms with Crippen molar-refractivity contribution < 1.29 is 14.1 Å². The number of rotatable bonds is 4. The van der Waals surface area contributed by atoms with Gasteiger partial charge in [-0.3, -0.25) is 14.9 Å². The first kappa shape index (κ1) is 16.8. The van der Waals surface area contributed by atoms with Crippen LogP contribution in [0.1, 0.15) is 23.7 Å². The van der Waals surface area contributed by atoms with E-state index in [1.54, 1.807) is 6.07 Å². The summed E-state index contributed by atoms with van der Waals surface area (Å²) in [5.41, 5.74) is -0.207. The lowest BCUT2D eigenvalue weighted by Gasteiger charge is -2.17. The zero-order chi connectivity index (χ0) is 18.0. The molecule has 0 bridgehead atoms. The summed E-state index contributed by atoms with van der Waals surface area (Å²) < 4.78 is 13.8. The third-order valence-electron chi connectivity index (χ3n) is 4.16. The van der Waals surface area contributed by atoms with Crippen LogP contribution in [0.2, 0.25) is 0 Å². The highest BCUT2D eigenvalue weighted by Gasteiger charge is 2.21. The monoisotopic (exact) mass is 344 g/mol. The van der Waals surface area contributed by atoms with E-state index in [1.165, 1.54) is 12.3 Å². The van der Waals surface area contributed by atoms with Gasteiger partial charge in [-0.25, -0.2) is 9.37 Å². The van der Waals surface area contributed by atoms with E-state index in [9.17, 15) is 19.3 Å². The van der Waals surface area contributed by atoms with Gasteiger partial charge in [-0.2, -0.15) is 0 Å². The zero-order valence-corrected chi connectivity index (χ0v) is 13.6. The van der Waals surface area contributed by atoms with Crippen LogP contribution in [0.5, 0.6) is 0 Å². The van der Waals surface area contributed by atoms with Crippen molar-refractivity contribution in [2.45, 2.75) is 13.3 Å². The molecule has 2 aromatic rings. The number of benzene rings is 1. The first-order valence-corrected chi connectivity index (χ1v) is 7.90. The number of pyridine rings is 1. The van der Waals surface area contributed by atoms with Gasteiger partial charge in [-0.1, -0.05) is 6.92 Å². The van der Waals surface area contributed by atoms with Crippen LogP contribution < -0.4 is 10.2 Å². The first-order valence-electron chi connectivity index (χ1n) is 7.90. The van der Waals surface area contributed by atoms with E-state index in [1.807, 2.05) is 0 Å². The lowest BCUT2D eigenvalue weighted by molar-refractivity contribution is -0.384. The van der Waals surface area contributed by atoms with E-state index in [-0.39, 0.29) is 11.4 Å². The van der Waals surface area contributed by atoms with Gasteiger partial charge >= 0.3 is 0 Å². The molecule has 1 aromatic carbocycles. The average molecular weight is 344 g/mol. The number of halogens is 1. The summed E-state index contributed by atoms with van der Waals surface area (Å²) in [5, 5.41) is 13.2. The number of carbonyl (C=O) groups is 1. The van der Waals surface area contributed by atoms with Gasteiger partial charge in [0.15, 0.2) is 0 Å². The molecule has 1 aromatic heterocycles. The Labute approximate surface area is 143 Å². The van der Waals surface area contributed by atoms with Crippen molar-refractivity contribution >= 4 is 23.1 Å². The molecule has 1 aliphatic heterocycles. The quantitative estimate of drug-likeness (QED) is 0.679. The summed E-state index contributed by atoms with van der Waals surface area (Å²) in [7, 11) is 0. The Hall–Kier alpha value is -3.03. The Morgan fingerprint density at radius 3 is 2.88 bits per heavy atom. The molecule has 0 radical (unpaired) electrons. The normalized spacial score (nSPS) is 16.7. The first-order chi connectivity index (χ1) is 11.9. The summed E-state index contributed by atoms with van der Waals surface area (Å²) in [6.07, 6.45) is 2.59. The molecule has 0 spiro atoms. The fraction of sp³-hybridized carbons (Fsp3) is 0.294. The Kier molecular flexibility index (Phi) is 4.60. The lowest BCUT2D eigenvalue weighted by atomic mass is 10.2. The van der Waals surface area contributed by atoms with Gasteiger partial charge < -0.3 is 10.2 Å². The number of nitrogens with one attached hydrogen (secondary N) is 1. The molecule has 1 amide bonds. The number of anilines is 2. The molecule has 0 saturated carbocycles. The molecule has 25 heavy (non-hydrogen) atoms. The molecule has 1 N–H and O–H groups in total. The van der Waals surface area contributed by atoms with E-state index >= 15 is 0 Å². The predicted molar refractivity (Wildman–Crippen MR) is 91.2 cm³/mol. The second-order valence-electron chi connectivity index (χ2n) is 6.12. The van der Waals surface area contributed by atoms with Gasteiger partial charge in [0.25, 0.3) is 11.6 Å². The summed E-state index contributed by atoms with van der Waals surface area (Å²) in [4.78, 5) is 28.9. The largest absolute Gasteiger partial charge is 0.356 e. The topological polar surface area (TPSA) is 88.4 Å². The number of aromatic nitrogens is 1. The van der Waals surface area contributed by atoms with Crippen molar-refractivity contribution in [2.24, 2.45) is 5.92 Å². The molecule has 1 saturated heterocycles. The van der Waals surface area contributed by atoms with E-state index in [4.69, 9.17) is 0 Å². The molecule has 2 heterocycles. The van der Waals surface area contributed by atoms with Gasteiger partial charge in [-0.05, 0) is 30.5 Å². The van der Waals surface area contributed by atoms with Gasteiger partial charge in [0.05, 0.1) is 10.6 Å². The molecule has 8 heteroatoms. The van der Waals surface area contributed by atoms with Gasteiger partial charge in [-0.15, -0.1) is 0 Å². The van der Waals surface area contributed by atoms with Crippen LogP contribution >= 0.6 is 0 Å². The van der Waals surface area contributed by atoms with Gasteiger partial charge in [0.1, 0.15) is 11.6 Å². The summed E-state index contributed by atoms with van der Waals surface area (Å²) >= 11 is 0. The Balaban J connectivity index is 1.80. The lowest BCUT2D eigenvalue weighted by Crippen LogP contribution is -2.21. The average Bonchev–Trinajstić information content (AvgIpc) is 3.03. The molecule has 1 unspecified atom stereocenters. The fourth-order valence-corrected chi connectivity index (χ4v) is 2.79. The van der Waals surface area contributed by atoms with Crippen molar-refractivity contribution in [1.82, 2.24) is 4.98 Å². The number of nitrogens with zero attached hydrogens (tertiary/aromatic N) is 3. The number of nitro groups is 1. The molecule has 0 aliphatic carbocycles. The maximum Gasteiger partial charge on any atom is 0.271 e. The number of hydrogen-bond acceptors (Lipinski definition) is 5. The number of carbonyl (C=O) groups excluding carboxylic acids is 1. The summed E-state index contributed by atoms with van der Waals surface area (Å²) in [6.45, 7) is 3.90. The highest BCUT2D eigenvalue weighted by Crippen LogP contribution is 2.24. The SMILES string of the molecule is CC1CCN(c2cc(C(=O)Nc3cc([N+](=O)[O-])ccc3F)ccn2)C1.